The lowest BCUT2D eigenvalue weighted by Crippen LogP contribution is -2.18. The van der Waals surface area contributed by atoms with Crippen molar-refractivity contribution in [1.82, 2.24) is 9.88 Å². The Morgan fingerprint density at radius 1 is 1.29 bits per heavy atom. The smallest absolute Gasteiger partial charge is 0.0897 e. The maximum absolute atomic E-state index is 5.93. The Labute approximate surface area is 106 Å². The Balaban J connectivity index is 1.98. The van der Waals surface area contributed by atoms with Crippen LogP contribution in [0.1, 0.15) is 16.3 Å². The molecule has 90 valence electrons. The first-order chi connectivity index (χ1) is 8.15. The van der Waals surface area contributed by atoms with E-state index in [1.165, 1.54) is 5.56 Å². The molecule has 1 aromatic carbocycles. The van der Waals surface area contributed by atoms with Gasteiger partial charge in [0.05, 0.1) is 10.7 Å². The minimum absolute atomic E-state index is 0.850. The number of anilines is 1. The second-order valence-corrected chi connectivity index (χ2v) is 5.29. The van der Waals surface area contributed by atoms with Gasteiger partial charge in [0.15, 0.2) is 0 Å². The maximum atomic E-state index is 5.93. The van der Waals surface area contributed by atoms with E-state index in [1.807, 2.05) is 25.1 Å². The second kappa shape index (κ2) is 5.29. The summed E-state index contributed by atoms with van der Waals surface area (Å²) in [6.45, 7) is 3.74. The molecule has 0 saturated heterocycles. The minimum Gasteiger partial charge on any atom is -0.398 e. The highest BCUT2D eigenvalue weighted by Gasteiger charge is 2.06. The summed E-state index contributed by atoms with van der Waals surface area (Å²) in [5.74, 6) is 0. The fourth-order valence-corrected chi connectivity index (χ4v) is 2.39. The number of aryl methyl sites for hydroxylation is 1. The SMILES string of the molecule is Cc1nc(CN(C)Cc2ccccc2N)cs1. The Morgan fingerprint density at radius 2 is 2.06 bits per heavy atom. The number of hydrogen-bond donors (Lipinski definition) is 1. The van der Waals surface area contributed by atoms with Gasteiger partial charge in [-0.05, 0) is 25.6 Å². The molecule has 17 heavy (non-hydrogen) atoms. The molecule has 2 rings (SSSR count). The fraction of sp³-hybridized carbons (Fsp3) is 0.308. The summed E-state index contributed by atoms with van der Waals surface area (Å²) in [5.41, 5.74) is 9.08. The molecule has 0 atom stereocenters. The van der Waals surface area contributed by atoms with Crippen molar-refractivity contribution in [3.63, 3.8) is 0 Å². The average molecular weight is 247 g/mol. The number of nitrogens with two attached hydrogens (primary N) is 1. The van der Waals surface area contributed by atoms with Crippen molar-refractivity contribution in [2.75, 3.05) is 12.8 Å². The van der Waals surface area contributed by atoms with E-state index in [0.29, 0.717) is 0 Å². The number of thiazole rings is 1. The van der Waals surface area contributed by atoms with Crippen molar-refractivity contribution in [3.05, 3.63) is 45.9 Å². The van der Waals surface area contributed by atoms with Gasteiger partial charge in [0.1, 0.15) is 0 Å². The molecule has 0 aliphatic carbocycles. The van der Waals surface area contributed by atoms with Crippen LogP contribution in [0, 0.1) is 6.92 Å². The number of hydrogen-bond acceptors (Lipinski definition) is 4. The van der Waals surface area contributed by atoms with Crippen LogP contribution in [0.2, 0.25) is 0 Å². The number of aromatic nitrogens is 1. The Morgan fingerprint density at radius 3 is 2.71 bits per heavy atom. The highest BCUT2D eigenvalue weighted by atomic mass is 32.1. The van der Waals surface area contributed by atoms with Crippen LogP contribution in [0.25, 0.3) is 0 Å². The van der Waals surface area contributed by atoms with Crippen LogP contribution in [0.3, 0.4) is 0 Å². The topological polar surface area (TPSA) is 42.2 Å². The van der Waals surface area contributed by atoms with E-state index in [1.54, 1.807) is 11.3 Å². The predicted molar refractivity (Wildman–Crippen MR) is 72.9 cm³/mol. The second-order valence-electron chi connectivity index (χ2n) is 4.23. The molecule has 0 amide bonds. The van der Waals surface area contributed by atoms with Gasteiger partial charge in [0, 0.05) is 24.2 Å². The lowest BCUT2D eigenvalue weighted by Gasteiger charge is -2.16. The normalized spacial score (nSPS) is 11.0. The van der Waals surface area contributed by atoms with Gasteiger partial charge in [0.25, 0.3) is 0 Å². The zero-order valence-electron chi connectivity index (χ0n) is 10.2. The molecule has 1 aromatic heterocycles. The third-order valence-electron chi connectivity index (χ3n) is 2.59. The Hall–Kier alpha value is -1.39. The zero-order valence-corrected chi connectivity index (χ0v) is 11.0. The Kier molecular flexibility index (Phi) is 3.76. The van der Waals surface area contributed by atoms with Gasteiger partial charge in [0.2, 0.25) is 0 Å². The summed E-state index contributed by atoms with van der Waals surface area (Å²) in [6, 6.07) is 7.99. The van der Waals surface area contributed by atoms with Crippen LogP contribution in [-0.4, -0.2) is 16.9 Å². The molecule has 0 fully saturated rings. The molecule has 2 N–H and O–H groups in total. The van der Waals surface area contributed by atoms with Gasteiger partial charge in [-0.2, -0.15) is 0 Å². The molecule has 0 unspecified atom stereocenters. The summed E-state index contributed by atoms with van der Waals surface area (Å²) in [5, 5.41) is 3.23. The maximum Gasteiger partial charge on any atom is 0.0897 e. The van der Waals surface area contributed by atoms with Crippen molar-refractivity contribution in [3.8, 4) is 0 Å². The Bertz CT molecular complexity index is 493. The van der Waals surface area contributed by atoms with Crippen LogP contribution < -0.4 is 5.73 Å². The van der Waals surface area contributed by atoms with E-state index in [0.717, 1.165) is 29.5 Å². The molecule has 0 bridgehead atoms. The van der Waals surface area contributed by atoms with E-state index in [4.69, 9.17) is 5.73 Å². The van der Waals surface area contributed by atoms with E-state index in [-0.39, 0.29) is 0 Å². The van der Waals surface area contributed by atoms with Gasteiger partial charge in [-0.15, -0.1) is 11.3 Å². The van der Waals surface area contributed by atoms with Crippen LogP contribution in [0.15, 0.2) is 29.6 Å². The van der Waals surface area contributed by atoms with Crippen molar-refractivity contribution < 1.29 is 0 Å². The molecule has 0 aliphatic heterocycles. The molecule has 4 heteroatoms. The number of rotatable bonds is 4. The molecule has 3 nitrogen and oxygen atoms in total. The van der Waals surface area contributed by atoms with Gasteiger partial charge in [-0.3, -0.25) is 4.90 Å². The van der Waals surface area contributed by atoms with Crippen LogP contribution in [0.5, 0.6) is 0 Å². The summed E-state index contributed by atoms with van der Waals surface area (Å²) in [7, 11) is 2.08. The monoisotopic (exact) mass is 247 g/mol. The van der Waals surface area contributed by atoms with E-state index in [2.05, 4.69) is 28.4 Å². The molecule has 0 saturated carbocycles. The van der Waals surface area contributed by atoms with Crippen molar-refractivity contribution in [2.24, 2.45) is 0 Å². The molecule has 1 heterocycles. The fourth-order valence-electron chi connectivity index (χ4n) is 1.78. The minimum atomic E-state index is 0.850. The first-order valence-electron chi connectivity index (χ1n) is 5.58. The third-order valence-corrected chi connectivity index (χ3v) is 3.42. The van der Waals surface area contributed by atoms with Gasteiger partial charge < -0.3 is 5.73 Å². The highest BCUT2D eigenvalue weighted by molar-refractivity contribution is 7.09. The molecule has 0 aliphatic rings. The first kappa shape index (κ1) is 12.1. The van der Waals surface area contributed by atoms with Crippen molar-refractivity contribution >= 4 is 17.0 Å². The van der Waals surface area contributed by atoms with E-state index >= 15 is 0 Å². The highest BCUT2D eigenvalue weighted by Crippen LogP contribution is 2.15. The van der Waals surface area contributed by atoms with Crippen LogP contribution >= 0.6 is 11.3 Å². The number of nitrogens with zero attached hydrogens (tertiary/aromatic N) is 2. The summed E-state index contributed by atoms with van der Waals surface area (Å²) in [4.78, 5) is 6.68. The van der Waals surface area contributed by atoms with Gasteiger partial charge in [-0.25, -0.2) is 4.98 Å². The van der Waals surface area contributed by atoms with Gasteiger partial charge in [-0.1, -0.05) is 18.2 Å². The summed E-state index contributed by atoms with van der Waals surface area (Å²) >= 11 is 1.69. The van der Waals surface area contributed by atoms with Crippen molar-refractivity contribution in [1.29, 1.82) is 0 Å². The number of para-hydroxylation sites is 1. The third kappa shape index (κ3) is 3.28. The zero-order chi connectivity index (χ0) is 12.3. The number of nitrogen functional groups attached to an aromatic ring is 1. The van der Waals surface area contributed by atoms with Gasteiger partial charge >= 0.3 is 0 Å². The van der Waals surface area contributed by atoms with Crippen LogP contribution in [-0.2, 0) is 13.1 Å². The summed E-state index contributed by atoms with van der Waals surface area (Å²) < 4.78 is 0. The quantitative estimate of drug-likeness (QED) is 0.845. The number of benzene rings is 1. The molecule has 0 radical (unpaired) electrons. The lowest BCUT2D eigenvalue weighted by atomic mass is 10.2. The summed E-state index contributed by atoms with van der Waals surface area (Å²) in [6.07, 6.45) is 0. The van der Waals surface area contributed by atoms with Crippen molar-refractivity contribution in [2.45, 2.75) is 20.0 Å². The first-order valence-corrected chi connectivity index (χ1v) is 6.46. The average Bonchev–Trinajstić information content (AvgIpc) is 2.67. The van der Waals surface area contributed by atoms with Crippen LogP contribution in [0.4, 0.5) is 5.69 Å². The largest absolute Gasteiger partial charge is 0.398 e. The molecule has 0 spiro atoms. The van der Waals surface area contributed by atoms with E-state index in [9.17, 15) is 0 Å². The lowest BCUT2D eigenvalue weighted by molar-refractivity contribution is 0.316. The predicted octanol–water partition coefficient (Wildman–Crippen LogP) is 2.67. The standard InChI is InChI=1S/C13H17N3S/c1-10-15-12(9-17-10)8-16(2)7-11-5-3-4-6-13(11)14/h3-6,9H,7-8,14H2,1-2H3. The molecule has 2 aromatic rings. The van der Waals surface area contributed by atoms with E-state index < -0.39 is 0 Å². The molecular weight excluding hydrogens is 230 g/mol. The molecular formula is C13H17N3S.